The maximum absolute atomic E-state index is 14.4. The maximum atomic E-state index is 14.4. The third-order valence-corrected chi connectivity index (χ3v) is 7.26. The van der Waals surface area contributed by atoms with Crippen molar-refractivity contribution in [2.75, 3.05) is 76.0 Å². The Morgan fingerprint density at radius 1 is 0.405 bits per heavy atom. The van der Waals surface area contributed by atoms with E-state index in [0.29, 0.717) is 28.1 Å². The van der Waals surface area contributed by atoms with Crippen LogP contribution in [0.3, 0.4) is 0 Å². The van der Waals surface area contributed by atoms with Gasteiger partial charge in [0.05, 0.1) is 22.5 Å². The van der Waals surface area contributed by atoms with E-state index in [1.54, 1.807) is 48.5 Å². The molecule has 0 saturated carbocycles. The summed E-state index contributed by atoms with van der Waals surface area (Å²) in [4.78, 5) is 50.8. The Hall–Kier alpha value is -4.91. The predicted molar refractivity (Wildman–Crippen MR) is 173 cm³/mol. The summed E-state index contributed by atoms with van der Waals surface area (Å²) < 4.78 is 0. The fourth-order valence-electron chi connectivity index (χ4n) is 4.89. The first-order valence-electron chi connectivity index (χ1n) is 13.7. The van der Waals surface area contributed by atoms with Gasteiger partial charge in [0.1, 0.15) is 0 Å². The van der Waals surface area contributed by atoms with E-state index < -0.39 is 0 Å². The van der Waals surface area contributed by atoms with Crippen molar-refractivity contribution in [1.82, 2.24) is 0 Å². The largest absolute Gasteiger partial charge is 0.378 e. The number of hydrogen-bond donors (Lipinski definition) is 0. The number of benzene rings is 4. The molecule has 216 valence electrons. The van der Waals surface area contributed by atoms with Crippen LogP contribution in [0, 0.1) is 0 Å². The van der Waals surface area contributed by atoms with Crippen molar-refractivity contribution in [2.24, 2.45) is 0 Å². The summed E-state index contributed by atoms with van der Waals surface area (Å²) in [6.45, 7) is 0. The maximum Gasteiger partial charge on any atom is 0.195 e. The summed E-state index contributed by atoms with van der Waals surface area (Å²) in [5, 5.41) is 0. The quantitative estimate of drug-likeness (QED) is 0.232. The molecule has 7 nitrogen and oxygen atoms in total. The Labute approximate surface area is 248 Å². The molecule has 0 amide bonds. The van der Waals surface area contributed by atoms with Crippen LogP contribution in [0.5, 0.6) is 0 Å². The van der Waals surface area contributed by atoms with Crippen molar-refractivity contribution < 1.29 is 14.4 Å². The molecular weight excluding hydrogens is 524 g/mol. The summed E-state index contributed by atoms with van der Waals surface area (Å²) in [6.07, 6.45) is 0. The lowest BCUT2D eigenvalue weighted by atomic mass is 9.84. The second-order valence-corrected chi connectivity index (χ2v) is 11.1. The highest BCUT2D eigenvalue weighted by Gasteiger charge is 2.33. The number of carbonyl (C=O) groups is 3. The number of anilines is 4. The van der Waals surface area contributed by atoms with Gasteiger partial charge in [-0.05, 0) is 54.6 Å². The van der Waals surface area contributed by atoms with Crippen LogP contribution in [0.1, 0.15) is 47.8 Å². The fraction of sp³-hybridized carbons (Fsp3) is 0.229. The molecule has 0 unspecified atom stereocenters. The number of hydrogen-bond acceptors (Lipinski definition) is 7. The van der Waals surface area contributed by atoms with E-state index in [4.69, 9.17) is 0 Å². The van der Waals surface area contributed by atoms with E-state index in [-0.39, 0.29) is 34.0 Å². The van der Waals surface area contributed by atoms with E-state index in [1.165, 1.54) is 0 Å². The van der Waals surface area contributed by atoms with Crippen LogP contribution in [-0.4, -0.2) is 73.7 Å². The first kappa shape index (κ1) is 30.1. The van der Waals surface area contributed by atoms with Gasteiger partial charge in [-0.2, -0.15) is 0 Å². The van der Waals surface area contributed by atoms with Crippen LogP contribution in [0.4, 0.5) is 22.7 Å². The minimum Gasteiger partial charge on any atom is -0.378 e. The SMILES string of the molecule is CN(C)c1ccc(C(=O)c2c(N(C)C)cc(N(C)C)c(C(=O)c3ccc(N(C)C)cc3)c2C(=O)c2ccccc2)cc1. The van der Waals surface area contributed by atoms with Crippen molar-refractivity contribution in [3.8, 4) is 0 Å². The molecule has 0 N–H and O–H groups in total. The Morgan fingerprint density at radius 2 is 0.738 bits per heavy atom. The topological polar surface area (TPSA) is 64.2 Å². The first-order valence-corrected chi connectivity index (χ1v) is 13.7. The Morgan fingerprint density at radius 3 is 1.07 bits per heavy atom. The molecule has 0 aliphatic rings. The van der Waals surface area contributed by atoms with Gasteiger partial charge in [-0.25, -0.2) is 0 Å². The normalized spacial score (nSPS) is 10.7. The zero-order chi connectivity index (χ0) is 30.7. The lowest BCUT2D eigenvalue weighted by Gasteiger charge is -2.27. The first-order chi connectivity index (χ1) is 19.9. The van der Waals surface area contributed by atoms with Crippen molar-refractivity contribution in [3.63, 3.8) is 0 Å². The molecule has 4 aromatic carbocycles. The van der Waals surface area contributed by atoms with Gasteiger partial charge in [-0.3, -0.25) is 14.4 Å². The van der Waals surface area contributed by atoms with Crippen LogP contribution in [0.2, 0.25) is 0 Å². The Bertz CT molecular complexity index is 1510. The van der Waals surface area contributed by atoms with Gasteiger partial charge >= 0.3 is 0 Å². The number of ketones is 3. The lowest BCUT2D eigenvalue weighted by molar-refractivity contribution is 0.0991. The van der Waals surface area contributed by atoms with Crippen molar-refractivity contribution in [1.29, 1.82) is 0 Å². The molecule has 0 saturated heterocycles. The molecular formula is C35H38N4O3. The zero-order valence-electron chi connectivity index (χ0n) is 25.6. The van der Waals surface area contributed by atoms with Crippen LogP contribution >= 0.6 is 0 Å². The van der Waals surface area contributed by atoms with Gasteiger partial charge < -0.3 is 19.6 Å². The standard InChI is InChI=1S/C35H38N4O3/c1-36(2)26-18-14-24(15-19-26)33(40)30-28(38(5)6)22-29(39(7)8)31(32(30)35(42)23-12-10-9-11-13-23)34(41)25-16-20-27(21-17-25)37(3)4/h9-22H,1-8H3. The van der Waals surface area contributed by atoms with E-state index in [2.05, 4.69) is 0 Å². The molecule has 0 radical (unpaired) electrons. The molecule has 0 spiro atoms. The molecule has 0 fully saturated rings. The summed E-state index contributed by atoms with van der Waals surface area (Å²) in [6, 6.07) is 25.1. The number of nitrogens with zero attached hydrogens (tertiary/aromatic N) is 4. The Kier molecular flexibility index (Phi) is 8.81. The number of rotatable bonds is 10. The van der Waals surface area contributed by atoms with Gasteiger partial charge in [-0.1, -0.05) is 30.3 Å². The van der Waals surface area contributed by atoms with Gasteiger partial charge in [0.25, 0.3) is 0 Å². The molecule has 0 heterocycles. The minimum absolute atomic E-state index is 0.0967. The zero-order valence-corrected chi connectivity index (χ0v) is 25.6. The molecule has 0 aliphatic heterocycles. The second-order valence-electron chi connectivity index (χ2n) is 11.1. The molecule has 4 aromatic rings. The van der Waals surface area contributed by atoms with E-state index in [1.807, 2.05) is 112 Å². The van der Waals surface area contributed by atoms with Crippen molar-refractivity contribution >= 4 is 40.1 Å². The fourth-order valence-corrected chi connectivity index (χ4v) is 4.89. The minimum atomic E-state index is -0.385. The monoisotopic (exact) mass is 562 g/mol. The van der Waals surface area contributed by atoms with Crippen LogP contribution in [-0.2, 0) is 0 Å². The van der Waals surface area contributed by atoms with Gasteiger partial charge in [0.2, 0.25) is 0 Å². The van der Waals surface area contributed by atoms with Crippen molar-refractivity contribution in [3.05, 3.63) is 118 Å². The predicted octanol–water partition coefficient (Wildman–Crippen LogP) is 5.64. The van der Waals surface area contributed by atoms with E-state index >= 15 is 0 Å². The molecule has 0 aromatic heterocycles. The molecule has 0 atom stereocenters. The third kappa shape index (κ3) is 5.91. The van der Waals surface area contributed by atoms with Crippen molar-refractivity contribution in [2.45, 2.75) is 0 Å². The second kappa shape index (κ2) is 12.3. The van der Waals surface area contributed by atoms with Crippen LogP contribution in [0.25, 0.3) is 0 Å². The highest BCUT2D eigenvalue weighted by molar-refractivity contribution is 6.29. The number of carbonyl (C=O) groups excluding carboxylic acids is 3. The average Bonchev–Trinajstić information content (AvgIpc) is 2.99. The molecule has 0 bridgehead atoms. The summed E-state index contributed by atoms with van der Waals surface area (Å²) in [5.41, 5.74) is 4.75. The molecule has 42 heavy (non-hydrogen) atoms. The highest BCUT2D eigenvalue weighted by atomic mass is 16.1. The molecule has 0 aliphatic carbocycles. The summed E-state index contributed by atoms with van der Waals surface area (Å²) in [5.74, 6) is -1.04. The van der Waals surface area contributed by atoms with Gasteiger partial charge in [0.15, 0.2) is 17.3 Å². The van der Waals surface area contributed by atoms with Crippen LogP contribution < -0.4 is 19.6 Å². The van der Waals surface area contributed by atoms with E-state index in [9.17, 15) is 14.4 Å². The summed E-state index contributed by atoms with van der Waals surface area (Å²) in [7, 11) is 15.1. The summed E-state index contributed by atoms with van der Waals surface area (Å²) >= 11 is 0. The van der Waals surface area contributed by atoms with Gasteiger partial charge in [-0.15, -0.1) is 0 Å². The molecule has 7 heteroatoms. The average molecular weight is 563 g/mol. The molecule has 4 rings (SSSR count). The third-order valence-electron chi connectivity index (χ3n) is 7.26. The highest BCUT2D eigenvalue weighted by Crippen LogP contribution is 2.38. The van der Waals surface area contributed by atoms with Gasteiger partial charge in [0, 0.05) is 90.0 Å². The van der Waals surface area contributed by atoms with E-state index in [0.717, 1.165) is 11.4 Å². The smallest absolute Gasteiger partial charge is 0.195 e. The van der Waals surface area contributed by atoms with Crippen LogP contribution in [0.15, 0.2) is 84.9 Å². The lowest BCUT2D eigenvalue weighted by Crippen LogP contribution is -2.25. The Balaban J connectivity index is 2.08.